The Labute approximate surface area is 202 Å². The number of hydrogen-bond donors (Lipinski definition) is 2. The van der Waals surface area contributed by atoms with Crippen molar-refractivity contribution in [3.05, 3.63) is 6.33 Å². The molecule has 4 aliphatic heterocycles. The molecule has 11 nitrogen and oxygen atoms in total. The molecule has 4 heterocycles. The molecule has 4 aliphatic rings. The van der Waals surface area contributed by atoms with Crippen LogP contribution in [0.25, 0.3) is 11.5 Å². The van der Waals surface area contributed by atoms with Gasteiger partial charge in [0.05, 0.1) is 17.8 Å². The largest absolute Gasteiger partial charge is 0.500 e. The average molecular weight is 540 g/mol. The molecule has 35 heavy (non-hydrogen) atoms. The zero-order valence-corrected chi connectivity index (χ0v) is 22.3. The molecule has 0 saturated carbocycles. The van der Waals surface area contributed by atoms with Crippen molar-refractivity contribution in [3.8, 4) is 11.5 Å². The third-order valence-corrected chi connectivity index (χ3v) is 8.74. The molecular formula is C19H28F3N5O6SSi. The van der Waals surface area contributed by atoms with Gasteiger partial charge >= 0.3 is 5.51 Å². The Hall–Kier alpha value is -1.85. The molecule has 4 rings (SSSR count). The summed E-state index contributed by atoms with van der Waals surface area (Å²) in [6.07, 6.45) is -4.13. The highest BCUT2D eigenvalue weighted by Crippen LogP contribution is 2.51. The summed E-state index contributed by atoms with van der Waals surface area (Å²) < 4.78 is 86.6. The van der Waals surface area contributed by atoms with Gasteiger partial charge in [-0.25, -0.2) is 23.4 Å². The van der Waals surface area contributed by atoms with E-state index in [0.29, 0.717) is 0 Å². The Balaban J connectivity index is 1.94. The Morgan fingerprint density at radius 3 is 2.43 bits per heavy atom. The molecule has 0 aliphatic carbocycles. The van der Waals surface area contributed by atoms with Crippen LogP contribution in [0.15, 0.2) is 6.33 Å². The molecule has 0 aromatic heterocycles. The topological polar surface area (TPSA) is 138 Å². The van der Waals surface area contributed by atoms with E-state index in [-0.39, 0.29) is 29.4 Å². The maximum Gasteiger partial charge on any atom is 0.500 e. The van der Waals surface area contributed by atoms with Crippen LogP contribution in [0.5, 0.6) is 0 Å². The van der Waals surface area contributed by atoms with E-state index in [4.69, 9.17) is 14.2 Å². The fourth-order valence-electron chi connectivity index (χ4n) is 4.10. The third kappa shape index (κ3) is 4.33. The first-order valence-electron chi connectivity index (χ1n) is 10.8. The van der Waals surface area contributed by atoms with Gasteiger partial charge in [0, 0.05) is 0 Å². The minimum Gasteiger partial charge on any atom is -0.393 e. The van der Waals surface area contributed by atoms with Gasteiger partial charge in [0.1, 0.15) is 35.5 Å². The molecule has 2 N–H and O–H groups in total. The van der Waals surface area contributed by atoms with Gasteiger partial charge in [-0.3, -0.25) is 4.57 Å². The number of imidazole rings is 1. The molecule has 1 saturated heterocycles. The first-order chi connectivity index (χ1) is 15.9. The summed E-state index contributed by atoms with van der Waals surface area (Å²) in [7, 11) is -7.68. The highest BCUT2D eigenvalue weighted by atomic mass is 32.2. The predicted molar refractivity (Wildman–Crippen MR) is 120 cm³/mol. The van der Waals surface area contributed by atoms with E-state index in [9.17, 15) is 26.7 Å². The normalized spacial score (nSPS) is 28.2. The summed E-state index contributed by atoms with van der Waals surface area (Å²) in [6.45, 7) is 9.43. The molecule has 0 aromatic carbocycles. The summed E-state index contributed by atoms with van der Waals surface area (Å²) in [4.78, 5) is 11.9. The zero-order valence-electron chi connectivity index (χ0n) is 20.0. The van der Waals surface area contributed by atoms with Crippen LogP contribution in [0.1, 0.15) is 47.8 Å². The summed E-state index contributed by atoms with van der Waals surface area (Å²) in [6, 6.07) is 0. The number of hydrogen-bond acceptors (Lipinski definition) is 10. The number of nitrogens with zero attached hydrogens (tertiary/aromatic N) is 4. The molecule has 4 atom stereocenters. The predicted octanol–water partition coefficient (Wildman–Crippen LogP) is 0.432. The smallest absolute Gasteiger partial charge is 0.393 e. The highest BCUT2D eigenvalue weighted by molar-refractivity contribution is 7.93. The van der Waals surface area contributed by atoms with E-state index in [1.165, 1.54) is 27.1 Å². The van der Waals surface area contributed by atoms with Crippen LogP contribution >= 0.6 is 0 Å². The van der Waals surface area contributed by atoms with Gasteiger partial charge in [-0.1, -0.05) is 0 Å². The van der Waals surface area contributed by atoms with E-state index >= 15 is 0 Å². The van der Waals surface area contributed by atoms with Crippen molar-refractivity contribution in [2.75, 3.05) is 11.6 Å². The Bertz CT molecular complexity index is 1200. The quantitative estimate of drug-likeness (QED) is 0.515. The second-order valence-corrected chi connectivity index (χ2v) is 13.9. The number of ether oxygens (including phenoxy) is 3. The Kier molecular flexibility index (Phi) is 6.05. The molecule has 0 radical (unpaired) electrons. The van der Waals surface area contributed by atoms with Gasteiger partial charge in [-0.05, 0) is 41.5 Å². The number of anilines is 1. The van der Waals surface area contributed by atoms with Gasteiger partial charge < -0.3 is 24.3 Å². The van der Waals surface area contributed by atoms with E-state index in [0.717, 1.165) is 4.57 Å². The Morgan fingerprint density at radius 1 is 1.20 bits per heavy atom. The van der Waals surface area contributed by atoms with Crippen molar-refractivity contribution in [2.24, 2.45) is 0 Å². The van der Waals surface area contributed by atoms with E-state index < -0.39 is 59.6 Å². The van der Waals surface area contributed by atoms with Crippen LogP contribution in [-0.2, 0) is 24.0 Å². The van der Waals surface area contributed by atoms with Crippen molar-refractivity contribution in [2.45, 2.75) is 81.6 Å². The fraction of sp³-hybridized carbons (Fsp3) is 0.737. The minimum absolute atomic E-state index is 0.182. The lowest BCUT2D eigenvalue weighted by Gasteiger charge is -2.37. The lowest BCUT2D eigenvalue weighted by molar-refractivity contribution is -0.146. The van der Waals surface area contributed by atoms with Crippen molar-refractivity contribution >= 4 is 30.8 Å². The Morgan fingerprint density at radius 2 is 1.86 bits per heavy atom. The number of nitrogens with one attached hydrogen (secondary N) is 1. The first kappa shape index (κ1) is 26.2. The van der Waals surface area contributed by atoms with Crippen LogP contribution in [-0.4, -0.2) is 83.2 Å². The molecule has 2 bridgehead atoms. The van der Waals surface area contributed by atoms with Gasteiger partial charge in [-0.2, -0.15) is 13.2 Å². The van der Waals surface area contributed by atoms with Crippen molar-refractivity contribution in [1.82, 2.24) is 19.5 Å². The first-order valence-corrected chi connectivity index (χ1v) is 13.7. The maximum atomic E-state index is 14.0. The van der Waals surface area contributed by atoms with Crippen molar-refractivity contribution in [1.29, 1.82) is 0 Å². The standard InChI is InChI=1S/C19H28F3N5O6SSi/c1-16(2,3)31-7-9-11(33-17(4,5)6)18(28,34(29,30)19(20,21)22)14(32-9)27-13-10-12(24-8-23-10)25-15(27)35-26-13/h8-9,11,14,26,28H,7,35H2,1-6H3/t9-,11-,14?,18-/m1/s1. The monoisotopic (exact) mass is 539 g/mol. The maximum absolute atomic E-state index is 14.0. The SMILES string of the molecule is CC(C)(C)OC[C@H]1OC(n2c3nc4ncnc-4c2N[SiH2]3)[C@](O)(S(=O)(=O)C(F)(F)F)[C@@H]1OC(C)(C)C. The summed E-state index contributed by atoms with van der Waals surface area (Å²) in [5.74, 6) is 0.431. The molecule has 0 aromatic rings. The van der Waals surface area contributed by atoms with Gasteiger partial charge in [0.25, 0.3) is 9.84 Å². The van der Waals surface area contributed by atoms with Crippen molar-refractivity contribution < 1.29 is 40.9 Å². The molecule has 0 spiro atoms. The average Bonchev–Trinajstić information content (AvgIpc) is 3.34. The van der Waals surface area contributed by atoms with E-state index in [1.807, 2.05) is 0 Å². The number of aromatic nitrogens is 4. The fourth-order valence-corrected chi connectivity index (χ4v) is 6.78. The molecule has 16 heteroatoms. The van der Waals surface area contributed by atoms with Crippen LogP contribution in [0.4, 0.5) is 19.0 Å². The number of halogens is 3. The van der Waals surface area contributed by atoms with Crippen LogP contribution in [0, 0.1) is 0 Å². The van der Waals surface area contributed by atoms with E-state index in [1.54, 1.807) is 20.8 Å². The summed E-state index contributed by atoms with van der Waals surface area (Å²) in [5, 5.41) is 11.7. The van der Waals surface area contributed by atoms with Crippen LogP contribution in [0.3, 0.4) is 0 Å². The second kappa shape index (κ2) is 8.07. The minimum atomic E-state index is -6.27. The molecule has 196 valence electrons. The number of rotatable bonds is 5. The van der Waals surface area contributed by atoms with Gasteiger partial charge in [0.2, 0.25) is 4.93 Å². The lowest BCUT2D eigenvalue weighted by Crippen LogP contribution is -2.60. The van der Waals surface area contributed by atoms with Crippen LogP contribution in [0.2, 0.25) is 0 Å². The highest BCUT2D eigenvalue weighted by Gasteiger charge is 2.73. The van der Waals surface area contributed by atoms with E-state index in [2.05, 4.69) is 19.9 Å². The zero-order chi connectivity index (χ0) is 26.2. The number of sulfone groups is 1. The second-order valence-electron chi connectivity index (χ2n) is 10.4. The molecule has 1 unspecified atom stereocenters. The molecule has 1 fully saturated rings. The lowest BCUT2D eigenvalue weighted by atomic mass is 10.1. The van der Waals surface area contributed by atoms with Crippen LogP contribution < -0.4 is 10.4 Å². The number of fused-ring (bicyclic) bond motifs is 4. The molecular weight excluding hydrogens is 511 g/mol. The number of alkyl halides is 3. The third-order valence-electron chi connectivity index (χ3n) is 5.50. The molecule has 0 amide bonds. The number of aliphatic hydroxyl groups is 1. The summed E-state index contributed by atoms with van der Waals surface area (Å²) >= 11 is 0. The van der Waals surface area contributed by atoms with Gasteiger partial charge in [-0.15, -0.1) is 0 Å². The van der Waals surface area contributed by atoms with Crippen molar-refractivity contribution in [3.63, 3.8) is 0 Å². The van der Waals surface area contributed by atoms with Gasteiger partial charge in [0.15, 0.2) is 21.7 Å². The summed E-state index contributed by atoms with van der Waals surface area (Å²) in [5.41, 5.74) is -7.20.